The number of nitrogens with zero attached hydrogens (tertiary/aromatic N) is 1. The first-order valence-corrected chi connectivity index (χ1v) is 12.3. The standard InChI is InChI=1S/C24H21ClN2O4S2/c1-29-19-12-17-21(13-20(19)30-2)33-24(26-17)27-23(28)22(14-8-10-15(32-3)11-9-14)31-18-7-5-4-6-16(18)25/h4-13,22H,1-3H3,(H,26,27,28). The summed E-state index contributed by atoms with van der Waals surface area (Å²) in [6, 6.07) is 18.3. The number of fused-ring (bicyclic) bond motifs is 1. The van der Waals surface area contributed by atoms with Crippen molar-refractivity contribution in [2.45, 2.75) is 11.0 Å². The Labute approximate surface area is 204 Å². The maximum atomic E-state index is 13.3. The van der Waals surface area contributed by atoms with E-state index in [9.17, 15) is 4.79 Å². The van der Waals surface area contributed by atoms with E-state index in [-0.39, 0.29) is 5.91 Å². The summed E-state index contributed by atoms with van der Waals surface area (Å²) in [5.41, 5.74) is 1.40. The summed E-state index contributed by atoms with van der Waals surface area (Å²) in [4.78, 5) is 19.0. The zero-order valence-corrected chi connectivity index (χ0v) is 20.5. The SMILES string of the molecule is COc1cc2nc(NC(=O)C(Oc3ccccc3Cl)c3ccc(SC)cc3)sc2cc1OC. The van der Waals surface area contributed by atoms with Crippen LogP contribution in [0.25, 0.3) is 10.2 Å². The van der Waals surface area contributed by atoms with Crippen molar-refractivity contribution in [1.82, 2.24) is 4.98 Å². The molecular weight excluding hydrogens is 480 g/mol. The third kappa shape index (κ3) is 5.19. The van der Waals surface area contributed by atoms with Gasteiger partial charge in [-0.2, -0.15) is 0 Å². The molecular formula is C24H21ClN2O4S2. The lowest BCUT2D eigenvalue weighted by Gasteiger charge is -2.19. The van der Waals surface area contributed by atoms with Crippen LogP contribution in [0.3, 0.4) is 0 Å². The maximum absolute atomic E-state index is 13.3. The highest BCUT2D eigenvalue weighted by Crippen LogP contribution is 2.37. The van der Waals surface area contributed by atoms with Crippen LogP contribution in [0.4, 0.5) is 5.13 Å². The van der Waals surface area contributed by atoms with Gasteiger partial charge in [0.2, 0.25) is 6.10 Å². The number of para-hydroxylation sites is 1. The number of thiazole rings is 1. The predicted molar refractivity (Wildman–Crippen MR) is 134 cm³/mol. The second-order valence-electron chi connectivity index (χ2n) is 6.88. The van der Waals surface area contributed by atoms with Crippen LogP contribution in [0.5, 0.6) is 17.2 Å². The van der Waals surface area contributed by atoms with E-state index in [2.05, 4.69) is 10.3 Å². The second-order valence-corrected chi connectivity index (χ2v) is 9.20. The molecule has 0 spiro atoms. The van der Waals surface area contributed by atoms with E-state index in [1.54, 1.807) is 56.3 Å². The number of nitrogens with one attached hydrogen (secondary N) is 1. The number of halogens is 1. The molecule has 0 aliphatic carbocycles. The molecule has 3 aromatic carbocycles. The number of hydrogen-bond acceptors (Lipinski definition) is 7. The third-order valence-electron chi connectivity index (χ3n) is 4.86. The fourth-order valence-corrected chi connectivity index (χ4v) is 4.67. The van der Waals surface area contributed by atoms with Gasteiger partial charge in [0.1, 0.15) is 5.75 Å². The Bertz CT molecular complexity index is 1240. The molecule has 1 unspecified atom stereocenters. The summed E-state index contributed by atoms with van der Waals surface area (Å²) in [5.74, 6) is 1.24. The molecule has 1 heterocycles. The van der Waals surface area contributed by atoms with Crippen LogP contribution in [0.15, 0.2) is 65.6 Å². The van der Waals surface area contributed by atoms with Crippen molar-refractivity contribution in [3.8, 4) is 17.2 Å². The summed E-state index contributed by atoms with van der Waals surface area (Å²) in [6.07, 6.45) is 1.08. The van der Waals surface area contributed by atoms with Crippen molar-refractivity contribution in [3.05, 3.63) is 71.2 Å². The van der Waals surface area contributed by atoms with Gasteiger partial charge in [0.05, 0.1) is 29.5 Å². The Morgan fingerprint density at radius 1 is 1.03 bits per heavy atom. The second kappa shape index (κ2) is 10.3. The Kier molecular flexibility index (Phi) is 7.27. The third-order valence-corrected chi connectivity index (χ3v) is 6.85. The van der Waals surface area contributed by atoms with Crippen molar-refractivity contribution in [2.75, 3.05) is 25.8 Å². The topological polar surface area (TPSA) is 69.7 Å². The van der Waals surface area contributed by atoms with Crippen molar-refractivity contribution < 1.29 is 19.0 Å². The zero-order valence-electron chi connectivity index (χ0n) is 18.1. The highest BCUT2D eigenvalue weighted by Gasteiger charge is 2.25. The first kappa shape index (κ1) is 23.2. The molecule has 0 saturated heterocycles. The Hall–Kier alpha value is -2.94. The average Bonchev–Trinajstić information content (AvgIpc) is 3.23. The quantitative estimate of drug-likeness (QED) is 0.280. The molecule has 1 atom stereocenters. The summed E-state index contributed by atoms with van der Waals surface area (Å²) >= 11 is 9.25. The molecule has 0 fully saturated rings. The normalized spacial score (nSPS) is 11.8. The highest BCUT2D eigenvalue weighted by molar-refractivity contribution is 7.98. The summed E-state index contributed by atoms with van der Waals surface area (Å²) in [5, 5.41) is 3.76. The molecule has 1 N–H and O–H groups in total. The van der Waals surface area contributed by atoms with Gasteiger partial charge in [-0.3, -0.25) is 10.1 Å². The van der Waals surface area contributed by atoms with Gasteiger partial charge in [0.25, 0.3) is 5.91 Å². The lowest BCUT2D eigenvalue weighted by molar-refractivity contribution is -0.123. The van der Waals surface area contributed by atoms with Gasteiger partial charge in [-0.05, 0) is 30.5 Å². The first-order valence-electron chi connectivity index (χ1n) is 9.91. The molecule has 4 rings (SSSR count). The number of hydrogen-bond donors (Lipinski definition) is 1. The fourth-order valence-electron chi connectivity index (χ4n) is 3.20. The van der Waals surface area contributed by atoms with Gasteiger partial charge in [-0.15, -0.1) is 11.8 Å². The lowest BCUT2D eigenvalue weighted by Crippen LogP contribution is -2.25. The van der Waals surface area contributed by atoms with Crippen LogP contribution in [-0.2, 0) is 4.79 Å². The van der Waals surface area contributed by atoms with Gasteiger partial charge in [0.15, 0.2) is 16.6 Å². The van der Waals surface area contributed by atoms with Crippen LogP contribution >= 0.6 is 34.7 Å². The molecule has 0 radical (unpaired) electrons. The Morgan fingerprint density at radius 3 is 2.39 bits per heavy atom. The molecule has 1 amide bonds. The molecule has 9 heteroatoms. The van der Waals surface area contributed by atoms with E-state index in [1.165, 1.54) is 11.3 Å². The lowest BCUT2D eigenvalue weighted by atomic mass is 10.1. The number of benzene rings is 3. The number of aromatic nitrogens is 1. The van der Waals surface area contributed by atoms with E-state index in [0.717, 1.165) is 9.60 Å². The van der Waals surface area contributed by atoms with E-state index >= 15 is 0 Å². The summed E-state index contributed by atoms with van der Waals surface area (Å²) in [7, 11) is 3.14. The minimum atomic E-state index is -0.920. The largest absolute Gasteiger partial charge is 0.493 e. The minimum Gasteiger partial charge on any atom is -0.493 e. The van der Waals surface area contributed by atoms with Gasteiger partial charge >= 0.3 is 0 Å². The molecule has 0 bridgehead atoms. The fraction of sp³-hybridized carbons (Fsp3) is 0.167. The summed E-state index contributed by atoms with van der Waals surface area (Å²) < 4.78 is 17.6. The zero-order chi connectivity index (χ0) is 23.4. The highest BCUT2D eigenvalue weighted by atomic mass is 35.5. The van der Waals surface area contributed by atoms with Gasteiger partial charge in [0, 0.05) is 22.6 Å². The monoisotopic (exact) mass is 500 g/mol. The number of carbonyl (C=O) groups excluding carboxylic acids is 1. The number of methoxy groups -OCH3 is 2. The number of carbonyl (C=O) groups is 1. The predicted octanol–water partition coefficient (Wildman–Crippen LogP) is 6.45. The molecule has 0 saturated carbocycles. The number of ether oxygens (including phenoxy) is 3. The van der Waals surface area contributed by atoms with E-state index in [1.807, 2.05) is 36.6 Å². The van der Waals surface area contributed by atoms with Crippen LogP contribution in [-0.4, -0.2) is 31.4 Å². The van der Waals surface area contributed by atoms with E-state index in [0.29, 0.717) is 38.5 Å². The molecule has 0 aliphatic heterocycles. The van der Waals surface area contributed by atoms with Crippen LogP contribution < -0.4 is 19.5 Å². The number of rotatable bonds is 8. The maximum Gasteiger partial charge on any atom is 0.271 e. The summed E-state index contributed by atoms with van der Waals surface area (Å²) in [6.45, 7) is 0. The molecule has 170 valence electrons. The molecule has 6 nitrogen and oxygen atoms in total. The molecule has 33 heavy (non-hydrogen) atoms. The average molecular weight is 501 g/mol. The Morgan fingerprint density at radius 2 is 1.73 bits per heavy atom. The van der Waals surface area contributed by atoms with Crippen molar-refractivity contribution >= 4 is 56.0 Å². The van der Waals surface area contributed by atoms with Crippen molar-refractivity contribution in [1.29, 1.82) is 0 Å². The van der Waals surface area contributed by atoms with E-state index in [4.69, 9.17) is 25.8 Å². The van der Waals surface area contributed by atoms with Crippen LogP contribution in [0.1, 0.15) is 11.7 Å². The van der Waals surface area contributed by atoms with Gasteiger partial charge < -0.3 is 14.2 Å². The van der Waals surface area contributed by atoms with Gasteiger partial charge in [-0.1, -0.05) is 47.2 Å². The van der Waals surface area contributed by atoms with E-state index < -0.39 is 6.10 Å². The van der Waals surface area contributed by atoms with Crippen LogP contribution in [0.2, 0.25) is 5.02 Å². The molecule has 4 aromatic rings. The number of amides is 1. The first-order chi connectivity index (χ1) is 16.0. The van der Waals surface area contributed by atoms with Gasteiger partial charge in [-0.25, -0.2) is 4.98 Å². The number of anilines is 1. The Balaban J connectivity index is 1.64. The molecule has 1 aromatic heterocycles. The van der Waals surface area contributed by atoms with Crippen molar-refractivity contribution in [2.24, 2.45) is 0 Å². The minimum absolute atomic E-state index is 0.357. The smallest absolute Gasteiger partial charge is 0.271 e. The molecule has 0 aliphatic rings. The van der Waals surface area contributed by atoms with Crippen LogP contribution in [0, 0.1) is 0 Å². The number of thioether (sulfide) groups is 1. The van der Waals surface area contributed by atoms with Crippen molar-refractivity contribution in [3.63, 3.8) is 0 Å².